The van der Waals surface area contributed by atoms with E-state index in [0.717, 1.165) is 0 Å². The molecule has 0 saturated carbocycles. The molecular formula is C13H18S. The fraction of sp³-hybridized carbons (Fsp3) is 0.385. The molecule has 1 heteroatoms. The van der Waals surface area contributed by atoms with E-state index in [1.807, 2.05) is 11.8 Å². The smallest absolute Gasteiger partial charge is 0.00261 e. The zero-order chi connectivity index (χ0) is 10.2. The van der Waals surface area contributed by atoms with Crippen LogP contribution in [0.15, 0.2) is 29.7 Å². The first-order valence-corrected chi connectivity index (χ1v) is 6.22. The topological polar surface area (TPSA) is 0 Å². The SMILES string of the molecule is CCCCS/C=C/c1cccc(C)c1. The number of thioether (sulfide) groups is 1. The number of benzene rings is 1. The lowest BCUT2D eigenvalue weighted by Crippen LogP contribution is -1.75. The first-order valence-electron chi connectivity index (χ1n) is 5.17. The maximum absolute atomic E-state index is 2.23. The largest absolute Gasteiger partial charge is 0.134 e. The minimum Gasteiger partial charge on any atom is -0.134 e. The average Bonchev–Trinajstić information content (AvgIpc) is 2.18. The molecule has 0 amide bonds. The van der Waals surface area contributed by atoms with Crippen molar-refractivity contribution in [2.45, 2.75) is 26.7 Å². The van der Waals surface area contributed by atoms with Gasteiger partial charge >= 0.3 is 0 Å². The summed E-state index contributed by atoms with van der Waals surface area (Å²) in [6, 6.07) is 8.58. The molecule has 0 aliphatic heterocycles. The van der Waals surface area contributed by atoms with Gasteiger partial charge in [-0.05, 0) is 36.1 Å². The van der Waals surface area contributed by atoms with Crippen LogP contribution in [-0.2, 0) is 0 Å². The van der Waals surface area contributed by atoms with E-state index in [9.17, 15) is 0 Å². The summed E-state index contributed by atoms with van der Waals surface area (Å²) in [6.07, 6.45) is 4.78. The lowest BCUT2D eigenvalue weighted by atomic mass is 10.1. The molecule has 0 radical (unpaired) electrons. The molecule has 0 aromatic heterocycles. The van der Waals surface area contributed by atoms with Crippen LogP contribution < -0.4 is 0 Å². The van der Waals surface area contributed by atoms with Crippen molar-refractivity contribution in [3.05, 3.63) is 40.8 Å². The molecule has 0 saturated heterocycles. The molecule has 0 aliphatic carbocycles. The fourth-order valence-electron chi connectivity index (χ4n) is 1.20. The van der Waals surface area contributed by atoms with Crippen molar-refractivity contribution in [3.63, 3.8) is 0 Å². The maximum Gasteiger partial charge on any atom is -0.00261 e. The molecule has 0 fully saturated rings. The highest BCUT2D eigenvalue weighted by molar-refractivity contribution is 8.02. The average molecular weight is 206 g/mol. The number of hydrogen-bond acceptors (Lipinski definition) is 1. The van der Waals surface area contributed by atoms with Crippen LogP contribution in [0.2, 0.25) is 0 Å². The van der Waals surface area contributed by atoms with Crippen LogP contribution in [0.3, 0.4) is 0 Å². The van der Waals surface area contributed by atoms with Gasteiger partial charge in [0.25, 0.3) is 0 Å². The third kappa shape index (κ3) is 4.52. The molecule has 1 aromatic rings. The lowest BCUT2D eigenvalue weighted by molar-refractivity contribution is 0.898. The molecule has 1 rings (SSSR count). The molecular weight excluding hydrogens is 188 g/mol. The maximum atomic E-state index is 2.23. The van der Waals surface area contributed by atoms with Crippen molar-refractivity contribution in [2.75, 3.05) is 5.75 Å². The van der Waals surface area contributed by atoms with Crippen molar-refractivity contribution >= 4 is 17.8 Å². The van der Waals surface area contributed by atoms with E-state index < -0.39 is 0 Å². The summed E-state index contributed by atoms with van der Waals surface area (Å²) in [5.41, 5.74) is 2.62. The molecule has 0 atom stereocenters. The second-order valence-corrected chi connectivity index (χ2v) is 4.45. The van der Waals surface area contributed by atoms with Gasteiger partial charge in [-0.1, -0.05) is 43.2 Å². The Morgan fingerprint density at radius 2 is 2.21 bits per heavy atom. The van der Waals surface area contributed by atoms with Crippen molar-refractivity contribution in [3.8, 4) is 0 Å². The molecule has 0 aliphatic rings. The first kappa shape index (κ1) is 11.4. The Morgan fingerprint density at radius 1 is 1.36 bits per heavy atom. The van der Waals surface area contributed by atoms with E-state index in [-0.39, 0.29) is 0 Å². The van der Waals surface area contributed by atoms with Crippen LogP contribution in [0.25, 0.3) is 6.08 Å². The number of aryl methyl sites for hydroxylation is 1. The van der Waals surface area contributed by atoms with Crippen LogP contribution in [-0.4, -0.2) is 5.75 Å². The Morgan fingerprint density at radius 3 is 2.93 bits per heavy atom. The van der Waals surface area contributed by atoms with Crippen molar-refractivity contribution < 1.29 is 0 Å². The molecule has 0 spiro atoms. The predicted molar refractivity (Wildman–Crippen MR) is 67.6 cm³/mol. The van der Waals surface area contributed by atoms with Crippen molar-refractivity contribution in [2.24, 2.45) is 0 Å². The van der Waals surface area contributed by atoms with Gasteiger partial charge < -0.3 is 0 Å². The minimum absolute atomic E-state index is 1.23. The van der Waals surface area contributed by atoms with Gasteiger partial charge in [0.05, 0.1) is 0 Å². The minimum atomic E-state index is 1.23. The standard InChI is InChI=1S/C13H18S/c1-3-4-9-14-10-8-13-7-5-6-12(2)11-13/h5-8,10-11H,3-4,9H2,1-2H3/b10-8+. The first-order chi connectivity index (χ1) is 6.83. The van der Waals surface area contributed by atoms with Crippen molar-refractivity contribution in [1.82, 2.24) is 0 Å². The second-order valence-electron chi connectivity index (χ2n) is 3.44. The summed E-state index contributed by atoms with van der Waals surface area (Å²) in [5.74, 6) is 1.23. The number of unbranched alkanes of at least 4 members (excludes halogenated alkanes) is 1. The van der Waals surface area contributed by atoms with E-state index in [0.29, 0.717) is 0 Å². The van der Waals surface area contributed by atoms with Crippen LogP contribution >= 0.6 is 11.8 Å². The molecule has 76 valence electrons. The number of rotatable bonds is 5. The van der Waals surface area contributed by atoms with Crippen LogP contribution in [0, 0.1) is 6.92 Å². The van der Waals surface area contributed by atoms with Gasteiger partial charge in [-0.25, -0.2) is 0 Å². The molecule has 1 aromatic carbocycles. The van der Waals surface area contributed by atoms with Gasteiger partial charge in [0.1, 0.15) is 0 Å². The lowest BCUT2D eigenvalue weighted by Gasteiger charge is -1.95. The van der Waals surface area contributed by atoms with Gasteiger partial charge in [-0.2, -0.15) is 0 Å². The monoisotopic (exact) mass is 206 g/mol. The van der Waals surface area contributed by atoms with E-state index >= 15 is 0 Å². The van der Waals surface area contributed by atoms with Gasteiger partial charge in [0.2, 0.25) is 0 Å². The highest BCUT2D eigenvalue weighted by Crippen LogP contribution is 2.11. The molecule has 0 N–H and O–H groups in total. The van der Waals surface area contributed by atoms with Gasteiger partial charge in [-0.3, -0.25) is 0 Å². The van der Waals surface area contributed by atoms with E-state index in [2.05, 4.69) is 49.6 Å². The molecule has 0 bridgehead atoms. The van der Waals surface area contributed by atoms with Gasteiger partial charge in [0.15, 0.2) is 0 Å². The number of hydrogen-bond donors (Lipinski definition) is 0. The Labute approximate surface area is 91.4 Å². The summed E-state index contributed by atoms with van der Waals surface area (Å²) in [4.78, 5) is 0. The summed E-state index contributed by atoms with van der Waals surface area (Å²) in [5, 5.41) is 2.20. The van der Waals surface area contributed by atoms with Crippen LogP contribution in [0.5, 0.6) is 0 Å². The Bertz CT molecular complexity index is 289. The quantitative estimate of drug-likeness (QED) is 0.639. The molecule has 0 nitrogen and oxygen atoms in total. The summed E-state index contributed by atoms with van der Waals surface area (Å²) in [7, 11) is 0. The summed E-state index contributed by atoms with van der Waals surface area (Å²) >= 11 is 1.90. The third-order valence-electron chi connectivity index (χ3n) is 2.01. The van der Waals surface area contributed by atoms with Gasteiger partial charge in [-0.15, -0.1) is 11.8 Å². The zero-order valence-corrected chi connectivity index (χ0v) is 9.81. The Kier molecular flexibility index (Phi) is 5.46. The summed E-state index contributed by atoms with van der Waals surface area (Å²) < 4.78 is 0. The van der Waals surface area contributed by atoms with Crippen LogP contribution in [0.4, 0.5) is 0 Å². The highest BCUT2D eigenvalue weighted by Gasteiger charge is 1.87. The molecule has 0 heterocycles. The highest BCUT2D eigenvalue weighted by atomic mass is 32.2. The van der Waals surface area contributed by atoms with Crippen LogP contribution in [0.1, 0.15) is 30.9 Å². The van der Waals surface area contributed by atoms with Gasteiger partial charge in [0, 0.05) is 0 Å². The second kappa shape index (κ2) is 6.72. The fourth-order valence-corrected chi connectivity index (χ4v) is 2.04. The molecule has 14 heavy (non-hydrogen) atoms. The van der Waals surface area contributed by atoms with E-state index in [1.54, 1.807) is 0 Å². The van der Waals surface area contributed by atoms with E-state index in [4.69, 9.17) is 0 Å². The van der Waals surface area contributed by atoms with E-state index in [1.165, 1.54) is 29.7 Å². The zero-order valence-electron chi connectivity index (χ0n) is 8.99. The molecule has 0 unspecified atom stereocenters. The van der Waals surface area contributed by atoms with Crippen molar-refractivity contribution in [1.29, 1.82) is 0 Å². The third-order valence-corrected chi connectivity index (χ3v) is 2.87. The summed E-state index contributed by atoms with van der Waals surface area (Å²) in [6.45, 7) is 4.35. The Hall–Kier alpha value is -0.690. The normalized spacial score (nSPS) is 11.0. The Balaban J connectivity index is 2.36. The predicted octanol–water partition coefficient (Wildman–Crippen LogP) is 4.50.